The maximum absolute atomic E-state index is 12.9. The topological polar surface area (TPSA) is 81.9 Å². The lowest BCUT2D eigenvalue weighted by Gasteiger charge is -2.27. The molecule has 0 saturated carbocycles. The van der Waals surface area contributed by atoms with Crippen LogP contribution < -0.4 is 5.43 Å². The Hall–Kier alpha value is -2.67. The summed E-state index contributed by atoms with van der Waals surface area (Å²) < 4.78 is 0.646. The van der Waals surface area contributed by atoms with Gasteiger partial charge in [-0.3, -0.25) is 4.79 Å². The minimum Gasteiger partial charge on any atom is -0.506 e. The zero-order chi connectivity index (χ0) is 20.1. The molecule has 28 heavy (non-hydrogen) atoms. The van der Waals surface area contributed by atoms with Crippen LogP contribution in [0.1, 0.15) is 16.7 Å². The van der Waals surface area contributed by atoms with Gasteiger partial charge < -0.3 is 10.2 Å². The second-order valence-corrected chi connectivity index (χ2v) is 7.29. The molecule has 3 N–H and O–H groups in total. The van der Waals surface area contributed by atoms with E-state index < -0.39 is 11.5 Å². The van der Waals surface area contributed by atoms with E-state index in [1.54, 1.807) is 66.7 Å². The molecule has 1 amide bonds. The molecule has 0 atom stereocenters. The number of benzene rings is 3. The fraction of sp³-hybridized carbons (Fsp3) is 0.0476. The average Bonchev–Trinajstić information content (AvgIpc) is 2.72. The summed E-state index contributed by atoms with van der Waals surface area (Å²) in [6.07, 6.45) is 1.25. The highest BCUT2D eigenvalue weighted by Gasteiger charge is 2.39. The third-order valence-corrected chi connectivity index (χ3v) is 4.89. The number of hydrogen-bond donors (Lipinski definition) is 3. The molecule has 0 aliphatic heterocycles. The summed E-state index contributed by atoms with van der Waals surface area (Å²) >= 11 is 9.20. The number of aromatic hydroxyl groups is 1. The number of halogens is 2. The molecule has 0 heterocycles. The quantitative estimate of drug-likeness (QED) is 0.395. The van der Waals surface area contributed by atoms with E-state index in [1.165, 1.54) is 12.3 Å². The molecule has 3 rings (SSSR count). The summed E-state index contributed by atoms with van der Waals surface area (Å²) in [4.78, 5) is 12.9. The molecule has 0 saturated heterocycles. The number of nitrogens with one attached hydrogen (secondary N) is 1. The predicted molar refractivity (Wildman–Crippen MR) is 112 cm³/mol. The Bertz CT molecular complexity index is 971. The van der Waals surface area contributed by atoms with Crippen molar-refractivity contribution in [3.63, 3.8) is 0 Å². The smallest absolute Gasteiger partial charge is 0.281 e. The molecule has 0 unspecified atom stereocenters. The van der Waals surface area contributed by atoms with Gasteiger partial charge in [0.05, 0.1) is 11.2 Å². The van der Waals surface area contributed by atoms with E-state index in [4.69, 9.17) is 11.6 Å². The number of carbonyl (C=O) groups is 1. The molecular formula is C21H16BrClN2O3. The maximum Gasteiger partial charge on any atom is 0.281 e. The molecule has 0 aliphatic rings. The summed E-state index contributed by atoms with van der Waals surface area (Å²) in [6, 6.07) is 20.3. The van der Waals surface area contributed by atoms with Crippen LogP contribution in [0.2, 0.25) is 5.02 Å². The highest BCUT2D eigenvalue weighted by atomic mass is 79.9. The van der Waals surface area contributed by atoms with Gasteiger partial charge in [-0.05, 0) is 23.3 Å². The number of aliphatic hydroxyl groups is 1. The van der Waals surface area contributed by atoms with Crippen molar-refractivity contribution in [1.82, 2.24) is 5.43 Å². The number of amides is 1. The number of rotatable bonds is 5. The molecule has 7 heteroatoms. The summed E-state index contributed by atoms with van der Waals surface area (Å²) in [6.45, 7) is 0. The molecule has 0 aliphatic carbocycles. The molecule has 3 aromatic rings. The second kappa shape index (κ2) is 8.56. The maximum atomic E-state index is 12.9. The van der Waals surface area contributed by atoms with Crippen LogP contribution in [0.3, 0.4) is 0 Å². The van der Waals surface area contributed by atoms with Crippen molar-refractivity contribution in [1.29, 1.82) is 0 Å². The van der Waals surface area contributed by atoms with E-state index >= 15 is 0 Å². The minimum atomic E-state index is -1.93. The van der Waals surface area contributed by atoms with Crippen LogP contribution >= 0.6 is 27.5 Å². The average molecular weight is 460 g/mol. The van der Waals surface area contributed by atoms with E-state index in [0.717, 1.165) is 0 Å². The van der Waals surface area contributed by atoms with Gasteiger partial charge in [0.15, 0.2) is 5.60 Å². The molecule has 142 valence electrons. The number of hydrogen-bond acceptors (Lipinski definition) is 4. The van der Waals surface area contributed by atoms with Gasteiger partial charge in [-0.25, -0.2) is 5.43 Å². The Morgan fingerprint density at radius 2 is 1.57 bits per heavy atom. The molecule has 3 aromatic carbocycles. The molecule has 0 aromatic heterocycles. The molecule has 5 nitrogen and oxygen atoms in total. The molecule has 0 bridgehead atoms. The van der Waals surface area contributed by atoms with Crippen molar-refractivity contribution in [3.05, 3.63) is 99.0 Å². The zero-order valence-electron chi connectivity index (χ0n) is 14.5. The summed E-state index contributed by atoms with van der Waals surface area (Å²) in [5, 5.41) is 25.3. The van der Waals surface area contributed by atoms with Crippen LogP contribution in [-0.2, 0) is 10.4 Å². The van der Waals surface area contributed by atoms with Crippen LogP contribution in [0.25, 0.3) is 0 Å². The normalized spacial score (nSPS) is 11.5. The van der Waals surface area contributed by atoms with Crippen molar-refractivity contribution >= 4 is 39.7 Å². The summed E-state index contributed by atoms with van der Waals surface area (Å²) in [5.41, 5.74) is 1.53. The lowest BCUT2D eigenvalue weighted by Crippen LogP contribution is -2.43. The predicted octanol–water partition coefficient (Wildman–Crippen LogP) is 4.19. The molecule has 0 spiro atoms. The fourth-order valence-corrected chi connectivity index (χ4v) is 3.55. The van der Waals surface area contributed by atoms with E-state index in [0.29, 0.717) is 21.2 Å². The first-order valence-electron chi connectivity index (χ1n) is 8.28. The van der Waals surface area contributed by atoms with Crippen LogP contribution in [0.15, 0.2) is 82.4 Å². The van der Waals surface area contributed by atoms with Gasteiger partial charge in [0.25, 0.3) is 5.91 Å². The number of hydrazone groups is 1. The third kappa shape index (κ3) is 4.09. The van der Waals surface area contributed by atoms with Gasteiger partial charge in [-0.15, -0.1) is 0 Å². The monoisotopic (exact) mass is 458 g/mol. The highest BCUT2D eigenvalue weighted by molar-refractivity contribution is 9.10. The van der Waals surface area contributed by atoms with E-state index in [-0.39, 0.29) is 10.8 Å². The van der Waals surface area contributed by atoms with Gasteiger partial charge >= 0.3 is 0 Å². The van der Waals surface area contributed by atoms with Crippen molar-refractivity contribution in [2.75, 3.05) is 0 Å². The van der Waals surface area contributed by atoms with Gasteiger partial charge in [-0.1, -0.05) is 88.2 Å². The fourth-order valence-electron chi connectivity index (χ4n) is 2.71. The Kier molecular flexibility index (Phi) is 6.14. The molecule has 0 fully saturated rings. The first-order chi connectivity index (χ1) is 13.4. The van der Waals surface area contributed by atoms with Gasteiger partial charge in [0.2, 0.25) is 0 Å². The number of phenolic OH excluding ortho intramolecular Hbond substituents is 1. The largest absolute Gasteiger partial charge is 0.506 e. The summed E-state index contributed by atoms with van der Waals surface area (Å²) in [7, 11) is 0. The molecule has 0 radical (unpaired) electrons. The minimum absolute atomic E-state index is 0.146. The van der Waals surface area contributed by atoms with Gasteiger partial charge in [-0.2, -0.15) is 5.10 Å². The van der Waals surface area contributed by atoms with Crippen molar-refractivity contribution in [2.45, 2.75) is 5.60 Å². The van der Waals surface area contributed by atoms with Crippen LogP contribution in [0.5, 0.6) is 5.75 Å². The Morgan fingerprint density at radius 1 is 1.04 bits per heavy atom. The standard InChI is InChI=1S/C21H16BrClN2O3/c22-17-11-14(19(26)18(23)12-17)13-24-25-20(27)21(28,15-7-3-1-4-8-15)16-9-5-2-6-10-16/h1-13,26,28H,(H,25,27)/b24-13+. The first-order valence-corrected chi connectivity index (χ1v) is 9.45. The lowest BCUT2D eigenvalue weighted by molar-refractivity contribution is -0.136. The van der Waals surface area contributed by atoms with Crippen molar-refractivity contribution in [2.24, 2.45) is 5.10 Å². The van der Waals surface area contributed by atoms with Crippen LogP contribution in [0, 0.1) is 0 Å². The Morgan fingerprint density at radius 3 is 2.11 bits per heavy atom. The van der Waals surface area contributed by atoms with Gasteiger partial charge in [0.1, 0.15) is 5.75 Å². The SMILES string of the molecule is O=C(N/N=C/c1cc(Br)cc(Cl)c1O)C(O)(c1ccccc1)c1ccccc1. The summed E-state index contributed by atoms with van der Waals surface area (Å²) in [5.74, 6) is -0.897. The highest BCUT2D eigenvalue weighted by Crippen LogP contribution is 2.31. The zero-order valence-corrected chi connectivity index (χ0v) is 16.9. The first kappa shape index (κ1) is 20.1. The lowest BCUT2D eigenvalue weighted by atomic mass is 9.85. The van der Waals surface area contributed by atoms with E-state index in [1.807, 2.05) is 0 Å². The number of nitrogens with zero attached hydrogens (tertiary/aromatic N) is 1. The second-order valence-electron chi connectivity index (χ2n) is 5.97. The van der Waals surface area contributed by atoms with Crippen molar-refractivity contribution < 1.29 is 15.0 Å². The number of carbonyl (C=O) groups excluding carboxylic acids is 1. The van der Waals surface area contributed by atoms with Crippen LogP contribution in [0.4, 0.5) is 0 Å². The number of phenols is 1. The van der Waals surface area contributed by atoms with E-state index in [2.05, 4.69) is 26.5 Å². The van der Waals surface area contributed by atoms with Crippen LogP contribution in [-0.4, -0.2) is 22.3 Å². The van der Waals surface area contributed by atoms with Gasteiger partial charge in [0, 0.05) is 10.0 Å². The third-order valence-electron chi connectivity index (χ3n) is 4.14. The molecular weight excluding hydrogens is 444 g/mol. The Balaban J connectivity index is 1.91. The van der Waals surface area contributed by atoms with E-state index in [9.17, 15) is 15.0 Å². The Labute approximate surface area is 175 Å². The van der Waals surface area contributed by atoms with Crippen molar-refractivity contribution in [3.8, 4) is 5.75 Å².